The van der Waals surface area contributed by atoms with Gasteiger partial charge in [0.1, 0.15) is 18.1 Å². The van der Waals surface area contributed by atoms with E-state index in [4.69, 9.17) is 5.73 Å². The second kappa shape index (κ2) is 5.24. The van der Waals surface area contributed by atoms with Crippen molar-refractivity contribution in [2.24, 2.45) is 5.73 Å². The molecule has 0 saturated heterocycles. The monoisotopic (exact) mass is 287 g/mol. The van der Waals surface area contributed by atoms with Gasteiger partial charge in [-0.25, -0.2) is 4.98 Å². The lowest BCUT2D eigenvalue weighted by Gasteiger charge is -2.23. The Labute approximate surface area is 105 Å². The molecule has 1 aromatic rings. The van der Waals surface area contributed by atoms with Crippen LogP contribution in [0.3, 0.4) is 0 Å². The number of halogens is 6. The summed E-state index contributed by atoms with van der Waals surface area (Å²) in [6, 6.07) is 1.71. The molecule has 9 heteroatoms. The Morgan fingerprint density at radius 3 is 2.16 bits per heavy atom. The molecule has 1 heterocycles. The summed E-state index contributed by atoms with van der Waals surface area (Å²) in [7, 11) is 1.01. The van der Waals surface area contributed by atoms with Gasteiger partial charge < -0.3 is 10.6 Å². The number of anilines is 1. The highest BCUT2D eigenvalue weighted by molar-refractivity contribution is 5.47. The zero-order chi connectivity index (χ0) is 14.8. The summed E-state index contributed by atoms with van der Waals surface area (Å²) >= 11 is 0. The maximum absolute atomic E-state index is 12.5. The van der Waals surface area contributed by atoms with Crippen molar-refractivity contribution in [3.63, 3.8) is 0 Å². The van der Waals surface area contributed by atoms with Crippen molar-refractivity contribution in [3.8, 4) is 0 Å². The molecule has 1 aromatic heterocycles. The molecule has 0 fully saturated rings. The number of hydrogen-bond donors (Lipinski definition) is 1. The van der Waals surface area contributed by atoms with Crippen molar-refractivity contribution in [3.05, 3.63) is 23.4 Å². The third-order valence-corrected chi connectivity index (χ3v) is 2.24. The molecular weight excluding hydrogens is 276 g/mol. The summed E-state index contributed by atoms with van der Waals surface area (Å²) in [6.07, 6.45) is -9.27. The molecule has 1 rings (SSSR count). The number of pyridine rings is 1. The average Bonchev–Trinajstić information content (AvgIpc) is 2.24. The summed E-state index contributed by atoms with van der Waals surface area (Å²) in [4.78, 5) is 3.81. The first-order chi connectivity index (χ1) is 8.54. The molecular formula is C10H11F6N3. The van der Waals surface area contributed by atoms with E-state index in [0.717, 1.165) is 13.1 Å². The first-order valence-electron chi connectivity index (χ1n) is 5.09. The third-order valence-electron chi connectivity index (χ3n) is 2.24. The van der Waals surface area contributed by atoms with E-state index in [1.807, 2.05) is 0 Å². The Morgan fingerprint density at radius 1 is 1.16 bits per heavy atom. The predicted octanol–water partition coefficient (Wildman–Crippen LogP) is 2.56. The van der Waals surface area contributed by atoms with Crippen LogP contribution in [-0.2, 0) is 12.7 Å². The fourth-order valence-electron chi connectivity index (χ4n) is 1.47. The van der Waals surface area contributed by atoms with Gasteiger partial charge in [0.25, 0.3) is 0 Å². The minimum Gasteiger partial charge on any atom is -0.350 e. The standard InChI is InChI=1S/C10H11F6N3/c1-19(5-9(11,12)13)8-6(4-17)2-3-7(18-8)10(14,15)16/h2-3H,4-5,17H2,1H3. The Morgan fingerprint density at radius 2 is 1.74 bits per heavy atom. The average molecular weight is 287 g/mol. The van der Waals surface area contributed by atoms with Gasteiger partial charge in [-0.15, -0.1) is 0 Å². The van der Waals surface area contributed by atoms with E-state index < -0.39 is 30.4 Å². The quantitative estimate of drug-likeness (QED) is 0.869. The lowest BCUT2D eigenvalue weighted by atomic mass is 10.2. The molecule has 0 bridgehead atoms. The van der Waals surface area contributed by atoms with Crippen molar-refractivity contribution in [2.75, 3.05) is 18.5 Å². The fraction of sp³-hybridized carbons (Fsp3) is 0.500. The number of nitrogens with zero attached hydrogens (tertiary/aromatic N) is 2. The van der Waals surface area contributed by atoms with E-state index in [9.17, 15) is 26.3 Å². The maximum atomic E-state index is 12.5. The molecule has 0 radical (unpaired) electrons. The lowest BCUT2D eigenvalue weighted by Crippen LogP contribution is -2.32. The SMILES string of the molecule is CN(CC(F)(F)F)c1nc(C(F)(F)F)ccc1CN. The molecule has 0 amide bonds. The van der Waals surface area contributed by atoms with Crippen LogP contribution in [0.2, 0.25) is 0 Å². The number of aromatic nitrogens is 1. The van der Waals surface area contributed by atoms with Gasteiger partial charge in [-0.2, -0.15) is 26.3 Å². The van der Waals surface area contributed by atoms with E-state index in [-0.39, 0.29) is 12.1 Å². The van der Waals surface area contributed by atoms with Crippen LogP contribution in [-0.4, -0.2) is 24.8 Å². The van der Waals surface area contributed by atoms with Gasteiger partial charge in [0, 0.05) is 19.2 Å². The van der Waals surface area contributed by atoms with E-state index in [2.05, 4.69) is 4.98 Å². The second-order valence-corrected chi connectivity index (χ2v) is 3.85. The zero-order valence-electron chi connectivity index (χ0n) is 9.81. The number of hydrogen-bond acceptors (Lipinski definition) is 3. The molecule has 108 valence electrons. The van der Waals surface area contributed by atoms with E-state index in [1.54, 1.807) is 0 Å². The van der Waals surface area contributed by atoms with E-state index in [0.29, 0.717) is 11.0 Å². The molecule has 0 saturated carbocycles. The van der Waals surface area contributed by atoms with Crippen LogP contribution >= 0.6 is 0 Å². The number of nitrogens with two attached hydrogens (primary N) is 1. The molecule has 0 spiro atoms. The molecule has 0 aliphatic carbocycles. The van der Waals surface area contributed by atoms with E-state index in [1.165, 1.54) is 0 Å². The summed E-state index contributed by atoms with van der Waals surface area (Å²) in [6.45, 7) is -1.61. The highest BCUT2D eigenvalue weighted by atomic mass is 19.4. The van der Waals surface area contributed by atoms with Crippen LogP contribution in [0, 0.1) is 0 Å². The minimum atomic E-state index is -4.72. The van der Waals surface area contributed by atoms with Crippen LogP contribution in [0.1, 0.15) is 11.3 Å². The Bertz CT molecular complexity index is 440. The summed E-state index contributed by atoms with van der Waals surface area (Å²) in [5.41, 5.74) is 4.14. The summed E-state index contributed by atoms with van der Waals surface area (Å²) in [5, 5.41) is 0. The van der Waals surface area contributed by atoms with Gasteiger partial charge in [0.05, 0.1) is 0 Å². The van der Waals surface area contributed by atoms with Crippen molar-refractivity contribution >= 4 is 5.82 Å². The van der Waals surface area contributed by atoms with Crippen LogP contribution in [0.25, 0.3) is 0 Å². The van der Waals surface area contributed by atoms with Gasteiger partial charge >= 0.3 is 12.4 Å². The largest absolute Gasteiger partial charge is 0.433 e. The summed E-state index contributed by atoms with van der Waals surface area (Å²) in [5.74, 6) is -0.422. The first-order valence-corrected chi connectivity index (χ1v) is 5.09. The molecule has 0 aromatic carbocycles. The second-order valence-electron chi connectivity index (χ2n) is 3.85. The van der Waals surface area contributed by atoms with Gasteiger partial charge in [0.2, 0.25) is 0 Å². The van der Waals surface area contributed by atoms with Gasteiger partial charge in [-0.3, -0.25) is 0 Å². The van der Waals surface area contributed by atoms with Gasteiger partial charge in [0.15, 0.2) is 0 Å². The minimum absolute atomic E-state index is 0.111. The van der Waals surface area contributed by atoms with Crippen LogP contribution in [0.4, 0.5) is 32.2 Å². The van der Waals surface area contributed by atoms with Crippen molar-refractivity contribution in [2.45, 2.75) is 18.9 Å². The van der Waals surface area contributed by atoms with Crippen LogP contribution < -0.4 is 10.6 Å². The summed E-state index contributed by atoms with van der Waals surface area (Å²) < 4.78 is 74.1. The molecule has 0 atom stereocenters. The van der Waals surface area contributed by atoms with Crippen molar-refractivity contribution < 1.29 is 26.3 Å². The highest BCUT2D eigenvalue weighted by Gasteiger charge is 2.35. The maximum Gasteiger partial charge on any atom is 0.433 e. The van der Waals surface area contributed by atoms with E-state index >= 15 is 0 Å². The normalized spacial score (nSPS) is 12.6. The topological polar surface area (TPSA) is 42.2 Å². The molecule has 3 nitrogen and oxygen atoms in total. The Kier molecular flexibility index (Phi) is 4.28. The molecule has 0 aliphatic rings. The zero-order valence-corrected chi connectivity index (χ0v) is 9.81. The fourth-order valence-corrected chi connectivity index (χ4v) is 1.47. The molecule has 2 N–H and O–H groups in total. The van der Waals surface area contributed by atoms with Crippen LogP contribution in [0.15, 0.2) is 12.1 Å². The number of rotatable bonds is 3. The van der Waals surface area contributed by atoms with Gasteiger partial charge in [-0.1, -0.05) is 6.07 Å². The van der Waals surface area contributed by atoms with Crippen LogP contribution in [0.5, 0.6) is 0 Å². The number of alkyl halides is 6. The molecule has 0 aliphatic heterocycles. The Hall–Kier alpha value is -1.51. The van der Waals surface area contributed by atoms with Gasteiger partial charge in [-0.05, 0) is 6.07 Å². The smallest absolute Gasteiger partial charge is 0.350 e. The first kappa shape index (κ1) is 15.5. The highest BCUT2D eigenvalue weighted by Crippen LogP contribution is 2.31. The predicted molar refractivity (Wildman–Crippen MR) is 56.5 cm³/mol. The van der Waals surface area contributed by atoms with Crippen molar-refractivity contribution in [1.82, 2.24) is 4.98 Å². The molecule has 0 unspecified atom stereocenters. The Balaban J connectivity index is 3.16. The van der Waals surface area contributed by atoms with Crippen molar-refractivity contribution in [1.29, 1.82) is 0 Å². The lowest BCUT2D eigenvalue weighted by molar-refractivity contribution is -0.141. The third kappa shape index (κ3) is 4.27. The molecule has 19 heavy (non-hydrogen) atoms.